The van der Waals surface area contributed by atoms with Crippen molar-refractivity contribution < 1.29 is 34.0 Å². The quantitative estimate of drug-likeness (QED) is 0.689. The zero-order chi connectivity index (χ0) is 23.2. The van der Waals surface area contributed by atoms with Crippen LogP contribution in [0.5, 0.6) is 0 Å². The van der Waals surface area contributed by atoms with Crippen LogP contribution in [0.1, 0.15) is 55.4 Å². The van der Waals surface area contributed by atoms with Crippen molar-refractivity contribution in [1.82, 2.24) is 0 Å². The monoisotopic (exact) mass is 444 g/mol. The second-order valence-electron chi connectivity index (χ2n) is 10.3. The Bertz CT molecular complexity index is 989. The van der Waals surface area contributed by atoms with Gasteiger partial charge in [0.2, 0.25) is 6.10 Å². The van der Waals surface area contributed by atoms with E-state index in [1.54, 1.807) is 13.8 Å². The van der Waals surface area contributed by atoms with Gasteiger partial charge in [0, 0.05) is 12.3 Å². The van der Waals surface area contributed by atoms with Gasteiger partial charge in [-0.2, -0.15) is 0 Å². The Hall–Kier alpha value is -1.96. The number of aliphatic hydroxyl groups is 2. The second kappa shape index (κ2) is 7.02. The number of fused-ring (bicyclic) bond motifs is 1. The van der Waals surface area contributed by atoms with Gasteiger partial charge in [-0.1, -0.05) is 32.9 Å². The highest BCUT2D eigenvalue weighted by molar-refractivity contribution is 5.82. The third kappa shape index (κ3) is 2.53. The number of carbonyl (C=O) groups is 2. The molecule has 2 heterocycles. The third-order valence-corrected chi connectivity index (χ3v) is 8.78. The van der Waals surface area contributed by atoms with Gasteiger partial charge in [0.15, 0.2) is 5.79 Å². The summed E-state index contributed by atoms with van der Waals surface area (Å²) in [6.45, 7) is 9.57. The Kier molecular flexibility index (Phi) is 4.79. The number of carbonyl (C=O) groups excluding carboxylic acids is 2. The van der Waals surface area contributed by atoms with Crippen LogP contribution < -0.4 is 0 Å². The average Bonchev–Trinajstić information content (AvgIpc) is 3.04. The van der Waals surface area contributed by atoms with E-state index in [4.69, 9.17) is 14.2 Å². The van der Waals surface area contributed by atoms with Gasteiger partial charge in [0.25, 0.3) is 0 Å². The van der Waals surface area contributed by atoms with Crippen LogP contribution in [0.2, 0.25) is 0 Å². The number of esters is 2. The first-order valence-corrected chi connectivity index (χ1v) is 11.6. The SMILES string of the molecule is CCC(C)C(=O)O[C@H]1C(=O)O[C@@H]2Cc3c(C)ccc(C)c3[C@H]3[C@@]4(O)OC[C@@]23[C@@H]1[C@@H](C)[C@H]4O. The van der Waals surface area contributed by atoms with Crippen LogP contribution in [0.4, 0.5) is 0 Å². The Morgan fingerprint density at radius 3 is 2.69 bits per heavy atom. The molecule has 1 aromatic rings. The lowest BCUT2D eigenvalue weighted by Crippen LogP contribution is -2.71. The molecular weight excluding hydrogens is 412 g/mol. The van der Waals surface area contributed by atoms with Gasteiger partial charge in [-0.15, -0.1) is 0 Å². The molecule has 0 radical (unpaired) electrons. The minimum atomic E-state index is -1.79. The summed E-state index contributed by atoms with van der Waals surface area (Å²) in [4.78, 5) is 25.9. The lowest BCUT2D eigenvalue weighted by atomic mass is 9.46. The van der Waals surface area contributed by atoms with Crippen molar-refractivity contribution in [2.75, 3.05) is 6.61 Å². The summed E-state index contributed by atoms with van der Waals surface area (Å²) in [6.07, 6.45) is -1.81. The van der Waals surface area contributed by atoms with Crippen molar-refractivity contribution in [2.24, 2.45) is 23.2 Å². The van der Waals surface area contributed by atoms with Crippen molar-refractivity contribution in [3.63, 3.8) is 0 Å². The number of hydrogen-bond acceptors (Lipinski definition) is 7. The zero-order valence-electron chi connectivity index (χ0n) is 19.3. The number of aryl methyl sites for hydroxylation is 2. The molecule has 9 atom stereocenters. The maximum atomic E-state index is 13.2. The number of benzene rings is 1. The van der Waals surface area contributed by atoms with E-state index in [0.29, 0.717) is 12.8 Å². The molecule has 174 valence electrons. The van der Waals surface area contributed by atoms with E-state index in [1.165, 1.54) is 0 Å². The number of aliphatic hydroxyl groups excluding tert-OH is 1. The lowest BCUT2D eigenvalue weighted by Gasteiger charge is -2.60. The van der Waals surface area contributed by atoms with Crippen LogP contribution in [0.3, 0.4) is 0 Å². The highest BCUT2D eigenvalue weighted by atomic mass is 16.7. The molecule has 1 saturated carbocycles. The number of hydrogen-bond donors (Lipinski definition) is 2. The third-order valence-electron chi connectivity index (χ3n) is 8.78. The fourth-order valence-electron chi connectivity index (χ4n) is 6.90. The van der Waals surface area contributed by atoms with Gasteiger partial charge in [-0.05, 0) is 48.4 Å². The normalized spacial score (nSPS) is 42.5. The van der Waals surface area contributed by atoms with E-state index in [1.807, 2.05) is 32.9 Å². The van der Waals surface area contributed by atoms with Crippen molar-refractivity contribution in [3.05, 3.63) is 34.4 Å². The summed E-state index contributed by atoms with van der Waals surface area (Å²) in [7, 11) is 0. The molecular formula is C25H32O7. The largest absolute Gasteiger partial charge is 0.459 e. The molecule has 0 amide bonds. The Balaban J connectivity index is 1.70. The van der Waals surface area contributed by atoms with Crippen LogP contribution >= 0.6 is 0 Å². The molecule has 3 fully saturated rings. The highest BCUT2D eigenvalue weighted by Crippen LogP contribution is 2.69. The summed E-state index contributed by atoms with van der Waals surface area (Å²) >= 11 is 0. The highest BCUT2D eigenvalue weighted by Gasteiger charge is 2.78. The molecule has 1 aromatic carbocycles. The van der Waals surface area contributed by atoms with Crippen molar-refractivity contribution in [1.29, 1.82) is 0 Å². The van der Waals surface area contributed by atoms with Crippen LogP contribution in [0, 0.1) is 37.0 Å². The summed E-state index contributed by atoms with van der Waals surface area (Å²) in [5.41, 5.74) is 3.26. The molecule has 0 aromatic heterocycles. The van der Waals surface area contributed by atoms with E-state index >= 15 is 0 Å². The maximum absolute atomic E-state index is 13.2. The molecule has 5 rings (SSSR count). The smallest absolute Gasteiger partial charge is 0.348 e. The van der Waals surface area contributed by atoms with Crippen LogP contribution in [-0.2, 0) is 30.2 Å². The first-order valence-electron chi connectivity index (χ1n) is 11.6. The van der Waals surface area contributed by atoms with Gasteiger partial charge < -0.3 is 24.4 Å². The number of ether oxygens (including phenoxy) is 3. The van der Waals surface area contributed by atoms with E-state index in [0.717, 1.165) is 22.3 Å². The lowest BCUT2D eigenvalue weighted by molar-refractivity contribution is -0.282. The molecule has 2 bridgehead atoms. The summed E-state index contributed by atoms with van der Waals surface area (Å²) in [5, 5.41) is 23.0. The Morgan fingerprint density at radius 2 is 2.00 bits per heavy atom. The average molecular weight is 445 g/mol. The van der Waals surface area contributed by atoms with Crippen molar-refractivity contribution >= 4 is 11.9 Å². The first kappa shape index (κ1) is 21.9. The van der Waals surface area contributed by atoms with E-state index in [2.05, 4.69) is 0 Å². The zero-order valence-corrected chi connectivity index (χ0v) is 19.3. The molecule has 4 aliphatic rings. The first-order chi connectivity index (χ1) is 15.1. The van der Waals surface area contributed by atoms with Crippen LogP contribution in [-0.4, -0.2) is 52.9 Å². The van der Waals surface area contributed by atoms with Crippen molar-refractivity contribution in [2.45, 2.75) is 77.5 Å². The van der Waals surface area contributed by atoms with E-state index in [-0.39, 0.29) is 12.5 Å². The summed E-state index contributed by atoms with van der Waals surface area (Å²) < 4.78 is 17.7. The topological polar surface area (TPSA) is 102 Å². The second-order valence-corrected chi connectivity index (χ2v) is 10.3. The molecule has 7 nitrogen and oxygen atoms in total. The van der Waals surface area contributed by atoms with Gasteiger partial charge in [-0.25, -0.2) is 4.79 Å². The molecule has 2 N–H and O–H groups in total. The fraction of sp³-hybridized carbons (Fsp3) is 0.680. The molecule has 1 spiro atoms. The predicted octanol–water partition coefficient (Wildman–Crippen LogP) is 2.16. The molecule has 32 heavy (non-hydrogen) atoms. The van der Waals surface area contributed by atoms with Crippen LogP contribution in [0.25, 0.3) is 0 Å². The minimum Gasteiger partial charge on any atom is -0.459 e. The van der Waals surface area contributed by atoms with Crippen LogP contribution in [0.15, 0.2) is 12.1 Å². The molecule has 2 aliphatic carbocycles. The van der Waals surface area contributed by atoms with Crippen molar-refractivity contribution in [3.8, 4) is 0 Å². The molecule has 2 aliphatic heterocycles. The van der Waals surface area contributed by atoms with E-state index < -0.39 is 59.2 Å². The predicted molar refractivity (Wildman–Crippen MR) is 114 cm³/mol. The maximum Gasteiger partial charge on any atom is 0.348 e. The van der Waals surface area contributed by atoms with Gasteiger partial charge in [-0.3, -0.25) is 4.79 Å². The fourth-order valence-corrected chi connectivity index (χ4v) is 6.90. The van der Waals surface area contributed by atoms with E-state index in [9.17, 15) is 19.8 Å². The van der Waals surface area contributed by atoms with Gasteiger partial charge in [0.1, 0.15) is 12.2 Å². The minimum absolute atomic E-state index is 0.127. The Morgan fingerprint density at radius 1 is 1.31 bits per heavy atom. The number of rotatable bonds is 3. The standard InChI is InChI=1S/C25H32O7/c1-6-11(2)22(27)32-19-18-14(5)21(26)25(29)20-17-13(4)8-7-12(3)15(17)9-16(31-23(19)28)24(18,20)10-30-25/h7-8,11,14,16,18-21,26,29H,6,9-10H2,1-5H3/t11?,14-,16-,18-,19-,20-,21-,24+,25-/m1/s1. The van der Waals surface area contributed by atoms with Gasteiger partial charge in [0.05, 0.1) is 23.9 Å². The molecule has 1 unspecified atom stereocenters. The summed E-state index contributed by atoms with van der Waals surface area (Å²) in [6, 6.07) is 4.04. The molecule has 7 heteroatoms. The summed E-state index contributed by atoms with van der Waals surface area (Å²) in [5.74, 6) is -4.83. The molecule has 2 saturated heterocycles. The van der Waals surface area contributed by atoms with Gasteiger partial charge >= 0.3 is 11.9 Å². The Labute approximate surface area is 188 Å².